The maximum Gasteiger partial charge on any atom is 0.106 e. The van der Waals surface area contributed by atoms with E-state index in [2.05, 4.69) is 48.1 Å². The van der Waals surface area contributed by atoms with E-state index in [4.69, 9.17) is 0 Å². The van der Waals surface area contributed by atoms with Crippen molar-refractivity contribution in [2.24, 2.45) is 0 Å². The predicted octanol–water partition coefficient (Wildman–Crippen LogP) is 3.20. The molecule has 1 N–H and O–H groups in total. The SMILES string of the molecule is CCc1nc(-c2ccccc2)c(CC)[nH]1. The number of nitrogens with one attached hydrogen (secondary N) is 1. The van der Waals surface area contributed by atoms with Crippen LogP contribution in [0.4, 0.5) is 0 Å². The fraction of sp³-hybridized carbons (Fsp3) is 0.308. The van der Waals surface area contributed by atoms with E-state index >= 15 is 0 Å². The van der Waals surface area contributed by atoms with Gasteiger partial charge < -0.3 is 4.98 Å². The lowest BCUT2D eigenvalue weighted by molar-refractivity contribution is 0.963. The molecule has 1 aromatic heterocycles. The van der Waals surface area contributed by atoms with Gasteiger partial charge in [0.2, 0.25) is 0 Å². The van der Waals surface area contributed by atoms with Gasteiger partial charge in [-0.25, -0.2) is 4.98 Å². The van der Waals surface area contributed by atoms with Crippen LogP contribution in [0.5, 0.6) is 0 Å². The highest BCUT2D eigenvalue weighted by Gasteiger charge is 2.08. The fourth-order valence-corrected chi connectivity index (χ4v) is 1.72. The highest BCUT2D eigenvalue weighted by Crippen LogP contribution is 2.21. The van der Waals surface area contributed by atoms with Gasteiger partial charge in [-0.3, -0.25) is 0 Å². The standard InChI is InChI=1S/C13H16N2/c1-3-11-13(15-12(4-2)14-11)10-8-6-5-7-9-10/h5-9H,3-4H2,1-2H3,(H,14,15). The molecule has 0 fully saturated rings. The average molecular weight is 200 g/mol. The van der Waals surface area contributed by atoms with Gasteiger partial charge in [-0.05, 0) is 6.42 Å². The summed E-state index contributed by atoms with van der Waals surface area (Å²) in [7, 11) is 0. The first-order valence-electron chi connectivity index (χ1n) is 5.48. The zero-order valence-corrected chi connectivity index (χ0v) is 9.25. The smallest absolute Gasteiger partial charge is 0.106 e. The topological polar surface area (TPSA) is 28.7 Å². The molecule has 0 saturated carbocycles. The number of imidazole rings is 1. The first kappa shape index (κ1) is 9.97. The third-order valence-corrected chi connectivity index (χ3v) is 2.56. The Labute approximate surface area is 90.4 Å². The molecule has 0 aliphatic carbocycles. The van der Waals surface area contributed by atoms with Gasteiger partial charge in [0, 0.05) is 17.7 Å². The highest BCUT2D eigenvalue weighted by molar-refractivity contribution is 5.61. The molecule has 2 aromatic rings. The molecule has 2 heteroatoms. The summed E-state index contributed by atoms with van der Waals surface area (Å²) in [5.74, 6) is 1.07. The Morgan fingerprint density at radius 2 is 1.80 bits per heavy atom. The average Bonchev–Trinajstić information content (AvgIpc) is 2.73. The second kappa shape index (κ2) is 4.30. The maximum absolute atomic E-state index is 4.61. The van der Waals surface area contributed by atoms with Crippen LogP contribution in [-0.2, 0) is 12.8 Å². The third-order valence-electron chi connectivity index (χ3n) is 2.56. The third kappa shape index (κ3) is 1.94. The molecule has 1 heterocycles. The number of nitrogens with zero attached hydrogens (tertiary/aromatic N) is 1. The molecule has 0 radical (unpaired) electrons. The summed E-state index contributed by atoms with van der Waals surface area (Å²) in [5, 5.41) is 0. The van der Waals surface area contributed by atoms with Crippen LogP contribution >= 0.6 is 0 Å². The quantitative estimate of drug-likeness (QED) is 0.809. The molecule has 2 nitrogen and oxygen atoms in total. The van der Waals surface area contributed by atoms with Crippen LogP contribution in [0.25, 0.3) is 11.3 Å². The number of aryl methyl sites for hydroxylation is 2. The van der Waals surface area contributed by atoms with Crippen molar-refractivity contribution in [1.82, 2.24) is 9.97 Å². The molecule has 0 aliphatic heterocycles. The number of hydrogen-bond donors (Lipinski definition) is 1. The van der Waals surface area contributed by atoms with Gasteiger partial charge in [0.15, 0.2) is 0 Å². The second-order valence-electron chi connectivity index (χ2n) is 3.58. The Morgan fingerprint density at radius 3 is 2.40 bits per heavy atom. The summed E-state index contributed by atoms with van der Waals surface area (Å²) in [6, 6.07) is 10.3. The number of hydrogen-bond acceptors (Lipinski definition) is 1. The first-order chi connectivity index (χ1) is 7.35. The highest BCUT2D eigenvalue weighted by atomic mass is 14.9. The molecular formula is C13H16N2. The van der Waals surface area contributed by atoms with E-state index in [1.165, 1.54) is 11.3 Å². The first-order valence-corrected chi connectivity index (χ1v) is 5.48. The van der Waals surface area contributed by atoms with Crippen LogP contribution in [0, 0.1) is 0 Å². The van der Waals surface area contributed by atoms with E-state index in [0.29, 0.717) is 0 Å². The van der Waals surface area contributed by atoms with Crippen LogP contribution in [0.15, 0.2) is 30.3 Å². The monoisotopic (exact) mass is 200 g/mol. The lowest BCUT2D eigenvalue weighted by Crippen LogP contribution is -1.85. The van der Waals surface area contributed by atoms with Gasteiger partial charge in [-0.15, -0.1) is 0 Å². The Morgan fingerprint density at radius 1 is 1.07 bits per heavy atom. The summed E-state index contributed by atoms with van der Waals surface area (Å²) >= 11 is 0. The molecule has 0 saturated heterocycles. The molecule has 0 amide bonds. The van der Waals surface area contributed by atoms with E-state index in [9.17, 15) is 0 Å². The largest absolute Gasteiger partial charge is 0.345 e. The fourth-order valence-electron chi connectivity index (χ4n) is 1.72. The number of aromatic nitrogens is 2. The zero-order valence-electron chi connectivity index (χ0n) is 9.25. The van der Waals surface area contributed by atoms with Gasteiger partial charge in [0.1, 0.15) is 5.82 Å². The molecule has 0 unspecified atom stereocenters. The Balaban J connectivity index is 2.47. The van der Waals surface area contributed by atoms with Gasteiger partial charge in [0.05, 0.1) is 5.69 Å². The van der Waals surface area contributed by atoms with Crippen molar-refractivity contribution in [3.63, 3.8) is 0 Å². The molecule has 15 heavy (non-hydrogen) atoms. The molecule has 2 rings (SSSR count). The molecular weight excluding hydrogens is 184 g/mol. The summed E-state index contributed by atoms with van der Waals surface area (Å²) in [6.07, 6.45) is 1.96. The van der Waals surface area contributed by atoms with Crippen molar-refractivity contribution in [1.29, 1.82) is 0 Å². The number of aromatic amines is 1. The Hall–Kier alpha value is -1.57. The summed E-state index contributed by atoms with van der Waals surface area (Å²) in [4.78, 5) is 7.98. The number of benzene rings is 1. The predicted molar refractivity (Wildman–Crippen MR) is 62.8 cm³/mol. The lowest BCUT2D eigenvalue weighted by atomic mass is 10.1. The summed E-state index contributed by atoms with van der Waals surface area (Å²) in [6.45, 7) is 4.27. The van der Waals surface area contributed by atoms with Crippen molar-refractivity contribution >= 4 is 0 Å². The van der Waals surface area contributed by atoms with Gasteiger partial charge in [0.25, 0.3) is 0 Å². The molecule has 0 atom stereocenters. The van der Waals surface area contributed by atoms with Crippen molar-refractivity contribution in [2.45, 2.75) is 26.7 Å². The lowest BCUT2D eigenvalue weighted by Gasteiger charge is -1.98. The van der Waals surface area contributed by atoms with E-state index in [0.717, 1.165) is 24.4 Å². The van der Waals surface area contributed by atoms with Crippen LogP contribution < -0.4 is 0 Å². The summed E-state index contributed by atoms with van der Waals surface area (Å²) < 4.78 is 0. The van der Waals surface area contributed by atoms with Crippen molar-refractivity contribution in [3.05, 3.63) is 41.9 Å². The molecule has 0 aliphatic rings. The van der Waals surface area contributed by atoms with Crippen molar-refractivity contribution in [3.8, 4) is 11.3 Å². The normalized spacial score (nSPS) is 10.5. The molecule has 0 spiro atoms. The van der Waals surface area contributed by atoms with Gasteiger partial charge in [-0.2, -0.15) is 0 Å². The van der Waals surface area contributed by atoms with Gasteiger partial charge >= 0.3 is 0 Å². The molecule has 0 bridgehead atoms. The minimum atomic E-state index is 0.958. The van der Waals surface area contributed by atoms with Crippen LogP contribution in [0.2, 0.25) is 0 Å². The molecule has 1 aromatic carbocycles. The zero-order chi connectivity index (χ0) is 10.7. The van der Waals surface area contributed by atoms with E-state index < -0.39 is 0 Å². The van der Waals surface area contributed by atoms with Crippen LogP contribution in [0.3, 0.4) is 0 Å². The number of H-pyrrole nitrogens is 1. The van der Waals surface area contributed by atoms with Crippen molar-refractivity contribution < 1.29 is 0 Å². The van der Waals surface area contributed by atoms with E-state index in [-0.39, 0.29) is 0 Å². The van der Waals surface area contributed by atoms with E-state index in [1.54, 1.807) is 0 Å². The van der Waals surface area contributed by atoms with Crippen LogP contribution in [-0.4, -0.2) is 9.97 Å². The van der Waals surface area contributed by atoms with Gasteiger partial charge in [-0.1, -0.05) is 44.2 Å². The molecule has 78 valence electrons. The minimum Gasteiger partial charge on any atom is -0.345 e. The second-order valence-corrected chi connectivity index (χ2v) is 3.58. The maximum atomic E-state index is 4.61. The minimum absolute atomic E-state index is 0.958. The summed E-state index contributed by atoms with van der Waals surface area (Å²) in [5.41, 5.74) is 3.54. The van der Waals surface area contributed by atoms with E-state index in [1.807, 2.05) is 6.07 Å². The Kier molecular flexibility index (Phi) is 2.86. The van der Waals surface area contributed by atoms with Crippen molar-refractivity contribution in [2.75, 3.05) is 0 Å². The Bertz CT molecular complexity index is 429. The van der Waals surface area contributed by atoms with Crippen LogP contribution in [0.1, 0.15) is 25.4 Å². The number of rotatable bonds is 3.